The van der Waals surface area contributed by atoms with Gasteiger partial charge in [-0.05, 0) is 39.5 Å². The molecule has 0 fully saturated rings. The minimum atomic E-state index is 0.218. The van der Waals surface area contributed by atoms with Crippen LogP contribution in [0.2, 0.25) is 0 Å². The molecule has 0 aromatic heterocycles. The second-order valence-electron chi connectivity index (χ2n) is 7.22. The summed E-state index contributed by atoms with van der Waals surface area (Å²) in [7, 11) is 0. The molecule has 0 saturated carbocycles. The van der Waals surface area contributed by atoms with Crippen molar-refractivity contribution in [2.45, 2.75) is 67.0 Å². The zero-order valence-corrected chi connectivity index (χ0v) is 13.3. The van der Waals surface area contributed by atoms with Crippen LogP contribution < -0.4 is 5.32 Å². The van der Waals surface area contributed by atoms with Crippen LogP contribution in [0.5, 0.6) is 0 Å². The average Bonchev–Trinajstić information content (AvgIpc) is 2.10. The third kappa shape index (κ3) is 9.61. The Kier molecular flexibility index (Phi) is 7.34. The Labute approximate surface area is 109 Å². The summed E-state index contributed by atoms with van der Waals surface area (Å²) in [5.41, 5.74) is 0.218. The van der Waals surface area contributed by atoms with E-state index in [1.54, 1.807) is 0 Å². The maximum absolute atomic E-state index is 3.61. The molecule has 0 amide bonds. The van der Waals surface area contributed by atoms with Crippen molar-refractivity contribution in [2.75, 3.05) is 19.6 Å². The molecule has 0 rings (SSSR count). The Hall–Kier alpha value is -0.0800. The van der Waals surface area contributed by atoms with Gasteiger partial charge >= 0.3 is 0 Å². The zero-order valence-electron chi connectivity index (χ0n) is 13.3. The average molecular weight is 242 g/mol. The second-order valence-corrected chi connectivity index (χ2v) is 7.22. The van der Waals surface area contributed by atoms with Crippen LogP contribution in [0.1, 0.15) is 55.4 Å². The minimum absolute atomic E-state index is 0.218. The van der Waals surface area contributed by atoms with E-state index in [9.17, 15) is 0 Å². The molecule has 1 atom stereocenters. The molecular weight excluding hydrogens is 208 g/mol. The number of rotatable bonds is 7. The summed E-state index contributed by atoms with van der Waals surface area (Å²) in [6.45, 7) is 21.7. The van der Waals surface area contributed by atoms with Crippen molar-refractivity contribution < 1.29 is 0 Å². The second kappa shape index (κ2) is 7.38. The van der Waals surface area contributed by atoms with Gasteiger partial charge in [-0.25, -0.2) is 0 Å². The van der Waals surface area contributed by atoms with Gasteiger partial charge in [0.1, 0.15) is 0 Å². The van der Waals surface area contributed by atoms with E-state index in [4.69, 9.17) is 0 Å². The fraction of sp³-hybridized carbons (Fsp3) is 1.00. The summed E-state index contributed by atoms with van der Waals surface area (Å²) < 4.78 is 0. The van der Waals surface area contributed by atoms with E-state index >= 15 is 0 Å². The molecule has 0 aliphatic heterocycles. The summed E-state index contributed by atoms with van der Waals surface area (Å²) in [6, 6.07) is 0.610. The van der Waals surface area contributed by atoms with E-state index in [2.05, 4.69) is 65.6 Å². The molecule has 0 aliphatic carbocycles. The van der Waals surface area contributed by atoms with Crippen LogP contribution >= 0.6 is 0 Å². The van der Waals surface area contributed by atoms with E-state index in [0.29, 0.717) is 6.04 Å². The molecule has 0 aromatic rings. The van der Waals surface area contributed by atoms with E-state index in [1.807, 2.05) is 0 Å². The number of hydrogen-bond acceptors (Lipinski definition) is 2. The Bertz CT molecular complexity index is 182. The van der Waals surface area contributed by atoms with Gasteiger partial charge in [-0.15, -0.1) is 0 Å². The molecule has 1 unspecified atom stereocenters. The lowest BCUT2D eigenvalue weighted by Crippen LogP contribution is -2.48. The van der Waals surface area contributed by atoms with Crippen LogP contribution in [0, 0.1) is 11.8 Å². The van der Waals surface area contributed by atoms with Crippen LogP contribution in [0.3, 0.4) is 0 Å². The molecule has 104 valence electrons. The Morgan fingerprint density at radius 3 is 1.59 bits per heavy atom. The molecule has 0 saturated heterocycles. The van der Waals surface area contributed by atoms with Crippen molar-refractivity contribution in [3.63, 3.8) is 0 Å². The van der Waals surface area contributed by atoms with E-state index in [0.717, 1.165) is 18.4 Å². The highest BCUT2D eigenvalue weighted by Crippen LogP contribution is 2.09. The summed E-state index contributed by atoms with van der Waals surface area (Å²) >= 11 is 0. The first-order valence-electron chi connectivity index (χ1n) is 7.11. The minimum Gasteiger partial charge on any atom is -0.311 e. The van der Waals surface area contributed by atoms with Gasteiger partial charge in [-0.1, -0.05) is 27.7 Å². The maximum atomic E-state index is 3.61. The zero-order chi connectivity index (χ0) is 13.6. The predicted molar refractivity (Wildman–Crippen MR) is 78.5 cm³/mol. The monoisotopic (exact) mass is 242 g/mol. The topological polar surface area (TPSA) is 15.3 Å². The van der Waals surface area contributed by atoms with Crippen molar-refractivity contribution in [1.82, 2.24) is 10.2 Å². The lowest BCUT2D eigenvalue weighted by atomic mass is 10.1. The molecule has 0 aromatic carbocycles. The Balaban J connectivity index is 4.26. The van der Waals surface area contributed by atoms with E-state index < -0.39 is 0 Å². The van der Waals surface area contributed by atoms with Crippen LogP contribution in [0.4, 0.5) is 0 Å². The molecule has 0 spiro atoms. The first kappa shape index (κ1) is 16.9. The molecular formula is C15H34N2. The Morgan fingerprint density at radius 2 is 1.29 bits per heavy atom. The van der Waals surface area contributed by atoms with Crippen molar-refractivity contribution >= 4 is 0 Å². The number of hydrogen-bond donors (Lipinski definition) is 1. The summed E-state index contributed by atoms with van der Waals surface area (Å²) in [6.07, 6.45) is 0. The van der Waals surface area contributed by atoms with Crippen LogP contribution in [-0.2, 0) is 0 Å². The largest absolute Gasteiger partial charge is 0.311 e. The van der Waals surface area contributed by atoms with Crippen LogP contribution in [-0.4, -0.2) is 36.1 Å². The summed E-state index contributed by atoms with van der Waals surface area (Å²) in [4.78, 5) is 2.62. The van der Waals surface area contributed by atoms with Crippen LogP contribution in [0.25, 0.3) is 0 Å². The number of nitrogens with zero attached hydrogens (tertiary/aromatic N) is 1. The van der Waals surface area contributed by atoms with Gasteiger partial charge in [0.25, 0.3) is 0 Å². The van der Waals surface area contributed by atoms with E-state index in [-0.39, 0.29) is 5.54 Å². The summed E-state index contributed by atoms with van der Waals surface area (Å²) in [5.74, 6) is 1.48. The van der Waals surface area contributed by atoms with Gasteiger partial charge < -0.3 is 5.32 Å². The maximum Gasteiger partial charge on any atom is 0.0192 e. The summed E-state index contributed by atoms with van der Waals surface area (Å²) in [5, 5.41) is 3.61. The molecule has 0 radical (unpaired) electrons. The lowest BCUT2D eigenvalue weighted by molar-refractivity contribution is 0.157. The fourth-order valence-corrected chi connectivity index (χ4v) is 1.96. The molecule has 0 bridgehead atoms. The third-order valence-corrected chi connectivity index (χ3v) is 2.75. The molecule has 0 aliphatic rings. The SMILES string of the molecule is CC(C)CN(CC(C)C)C(C)CNC(C)(C)C. The molecule has 17 heavy (non-hydrogen) atoms. The normalized spacial score (nSPS) is 15.0. The highest BCUT2D eigenvalue weighted by atomic mass is 15.2. The van der Waals surface area contributed by atoms with Crippen molar-refractivity contribution in [3.05, 3.63) is 0 Å². The van der Waals surface area contributed by atoms with Gasteiger partial charge in [0.15, 0.2) is 0 Å². The van der Waals surface area contributed by atoms with Gasteiger partial charge in [0.2, 0.25) is 0 Å². The highest BCUT2D eigenvalue weighted by Gasteiger charge is 2.18. The van der Waals surface area contributed by atoms with E-state index in [1.165, 1.54) is 13.1 Å². The standard InChI is InChI=1S/C15H34N2/c1-12(2)10-17(11-13(3)4)14(5)9-16-15(6,7)8/h12-14,16H,9-11H2,1-8H3. The molecule has 0 heterocycles. The first-order chi connectivity index (χ1) is 7.61. The van der Waals surface area contributed by atoms with Crippen molar-refractivity contribution in [3.8, 4) is 0 Å². The van der Waals surface area contributed by atoms with Gasteiger partial charge in [-0.3, -0.25) is 4.90 Å². The molecule has 2 nitrogen and oxygen atoms in total. The van der Waals surface area contributed by atoms with Crippen LogP contribution in [0.15, 0.2) is 0 Å². The number of nitrogens with one attached hydrogen (secondary N) is 1. The van der Waals surface area contributed by atoms with Crippen molar-refractivity contribution in [2.24, 2.45) is 11.8 Å². The Morgan fingerprint density at radius 1 is 0.882 bits per heavy atom. The van der Waals surface area contributed by atoms with Crippen molar-refractivity contribution in [1.29, 1.82) is 0 Å². The molecule has 2 heteroatoms. The quantitative estimate of drug-likeness (QED) is 0.736. The molecule has 1 N–H and O–H groups in total. The first-order valence-corrected chi connectivity index (χ1v) is 7.11. The van der Waals surface area contributed by atoms with Gasteiger partial charge in [0, 0.05) is 31.2 Å². The highest BCUT2D eigenvalue weighted by molar-refractivity contribution is 4.77. The lowest BCUT2D eigenvalue weighted by Gasteiger charge is -2.34. The third-order valence-electron chi connectivity index (χ3n) is 2.75. The predicted octanol–water partition coefficient (Wildman–Crippen LogP) is 3.38. The van der Waals surface area contributed by atoms with Gasteiger partial charge in [0.05, 0.1) is 0 Å². The van der Waals surface area contributed by atoms with Gasteiger partial charge in [-0.2, -0.15) is 0 Å². The smallest absolute Gasteiger partial charge is 0.0192 e. The fourth-order valence-electron chi connectivity index (χ4n) is 1.96.